The first kappa shape index (κ1) is 15.7. The summed E-state index contributed by atoms with van der Waals surface area (Å²) in [6.45, 7) is 0. The lowest BCUT2D eigenvalue weighted by Gasteiger charge is -2.29. The fourth-order valence-corrected chi connectivity index (χ4v) is 2.87. The first-order valence-corrected chi connectivity index (χ1v) is 7.53. The van der Waals surface area contributed by atoms with Gasteiger partial charge in [-0.2, -0.15) is 0 Å². The van der Waals surface area contributed by atoms with Crippen molar-refractivity contribution in [2.24, 2.45) is 0 Å². The van der Waals surface area contributed by atoms with E-state index in [9.17, 15) is 9.59 Å². The Kier molecular flexibility index (Phi) is 4.21. The molecule has 0 atom stereocenters. The number of nitrogens with one attached hydrogen (secondary N) is 1. The van der Waals surface area contributed by atoms with Crippen LogP contribution in [0.4, 0.5) is 5.69 Å². The van der Waals surface area contributed by atoms with E-state index in [1.54, 1.807) is 12.1 Å². The number of amides is 2. The second kappa shape index (κ2) is 6.16. The molecule has 1 fully saturated rings. The lowest BCUT2D eigenvalue weighted by Crippen LogP contribution is -2.54. The van der Waals surface area contributed by atoms with Gasteiger partial charge in [-0.3, -0.25) is 19.8 Å². The summed E-state index contributed by atoms with van der Waals surface area (Å²) in [6, 6.07) is 7.86. The Labute approximate surface area is 146 Å². The quantitative estimate of drug-likeness (QED) is 0.502. The molecule has 0 radical (unpaired) electrons. The van der Waals surface area contributed by atoms with E-state index in [4.69, 9.17) is 39.8 Å². The SMILES string of the molecule is O=C1NC(=S)N(c2cc(Cl)cc(Cl)c2)C(=O)C1=Cc1ccco1. The molecular formula is C15H8Cl2N2O3S. The van der Waals surface area contributed by atoms with Crippen molar-refractivity contribution in [3.63, 3.8) is 0 Å². The van der Waals surface area contributed by atoms with Crippen LogP contribution in [0.2, 0.25) is 10.0 Å². The highest BCUT2D eigenvalue weighted by atomic mass is 35.5. The summed E-state index contributed by atoms with van der Waals surface area (Å²) in [4.78, 5) is 25.9. The van der Waals surface area contributed by atoms with Crippen molar-refractivity contribution in [3.05, 3.63) is 58.0 Å². The van der Waals surface area contributed by atoms with Crippen LogP contribution in [0.5, 0.6) is 0 Å². The van der Waals surface area contributed by atoms with Crippen molar-refractivity contribution < 1.29 is 14.0 Å². The van der Waals surface area contributed by atoms with Crippen LogP contribution in [0.15, 0.2) is 46.6 Å². The summed E-state index contributed by atoms with van der Waals surface area (Å²) in [6.07, 6.45) is 2.79. The van der Waals surface area contributed by atoms with Gasteiger partial charge in [-0.15, -0.1) is 0 Å². The molecule has 5 nitrogen and oxygen atoms in total. The van der Waals surface area contributed by atoms with E-state index in [1.807, 2.05) is 0 Å². The first-order chi connectivity index (χ1) is 11.0. The molecule has 8 heteroatoms. The van der Waals surface area contributed by atoms with Crippen LogP contribution in [0.3, 0.4) is 0 Å². The summed E-state index contributed by atoms with van der Waals surface area (Å²) >= 11 is 17.0. The maximum absolute atomic E-state index is 12.7. The lowest BCUT2D eigenvalue weighted by molar-refractivity contribution is -0.122. The van der Waals surface area contributed by atoms with E-state index in [1.165, 1.54) is 30.5 Å². The predicted molar refractivity (Wildman–Crippen MR) is 91.4 cm³/mol. The van der Waals surface area contributed by atoms with Gasteiger partial charge in [0, 0.05) is 10.0 Å². The highest BCUT2D eigenvalue weighted by Gasteiger charge is 2.34. The van der Waals surface area contributed by atoms with Gasteiger partial charge >= 0.3 is 0 Å². The Morgan fingerprint density at radius 2 is 1.87 bits per heavy atom. The molecule has 0 unspecified atom stereocenters. The molecule has 2 aromatic rings. The fraction of sp³-hybridized carbons (Fsp3) is 0. The Balaban J connectivity index is 2.05. The van der Waals surface area contributed by atoms with Crippen LogP contribution in [0.1, 0.15) is 5.76 Å². The smallest absolute Gasteiger partial charge is 0.270 e. The van der Waals surface area contributed by atoms with E-state index < -0.39 is 11.8 Å². The molecule has 2 heterocycles. The predicted octanol–water partition coefficient (Wildman–Crippen LogP) is 3.42. The number of nitrogens with zero attached hydrogens (tertiary/aromatic N) is 1. The molecule has 0 saturated carbocycles. The van der Waals surface area contributed by atoms with Crippen LogP contribution < -0.4 is 10.2 Å². The van der Waals surface area contributed by atoms with E-state index in [0.29, 0.717) is 21.5 Å². The van der Waals surface area contributed by atoms with E-state index in [2.05, 4.69) is 5.32 Å². The fourth-order valence-electron chi connectivity index (χ4n) is 2.08. The molecule has 1 N–H and O–H groups in total. The number of hydrogen-bond acceptors (Lipinski definition) is 4. The average molecular weight is 367 g/mol. The minimum Gasteiger partial charge on any atom is -0.465 e. The van der Waals surface area contributed by atoms with Crippen molar-refractivity contribution in [1.82, 2.24) is 5.32 Å². The largest absolute Gasteiger partial charge is 0.465 e. The summed E-state index contributed by atoms with van der Waals surface area (Å²) in [5.74, 6) is -0.811. The van der Waals surface area contributed by atoms with Gasteiger partial charge < -0.3 is 4.42 Å². The topological polar surface area (TPSA) is 62.6 Å². The number of anilines is 1. The second-order valence-corrected chi connectivity index (χ2v) is 5.86. The van der Waals surface area contributed by atoms with Gasteiger partial charge in [0.15, 0.2) is 5.11 Å². The van der Waals surface area contributed by atoms with Crippen molar-refractivity contribution in [2.75, 3.05) is 4.90 Å². The molecule has 1 aromatic carbocycles. The van der Waals surface area contributed by atoms with Gasteiger partial charge in [-0.1, -0.05) is 23.2 Å². The lowest BCUT2D eigenvalue weighted by atomic mass is 10.1. The second-order valence-electron chi connectivity index (χ2n) is 4.60. The number of thiocarbonyl (C=S) groups is 1. The summed E-state index contributed by atoms with van der Waals surface area (Å²) in [5.41, 5.74) is 0.257. The first-order valence-electron chi connectivity index (χ1n) is 6.37. The highest BCUT2D eigenvalue weighted by Crippen LogP contribution is 2.28. The highest BCUT2D eigenvalue weighted by molar-refractivity contribution is 7.80. The standard InChI is InChI=1S/C15H8Cl2N2O3S/c16-8-4-9(17)6-10(5-8)19-14(21)12(13(20)18-15(19)23)7-11-2-1-3-22-11/h1-7H,(H,18,20,23). The van der Waals surface area contributed by atoms with Crippen LogP contribution in [0, 0.1) is 0 Å². The molecule has 3 rings (SSSR count). The van der Waals surface area contributed by atoms with Crippen molar-refractivity contribution in [3.8, 4) is 0 Å². The van der Waals surface area contributed by atoms with Crippen molar-refractivity contribution in [2.45, 2.75) is 0 Å². The third-order valence-electron chi connectivity index (χ3n) is 3.04. The zero-order valence-corrected chi connectivity index (χ0v) is 13.7. The van der Waals surface area contributed by atoms with E-state index in [-0.39, 0.29) is 10.7 Å². The maximum Gasteiger partial charge on any atom is 0.270 e. The summed E-state index contributed by atoms with van der Waals surface area (Å²) in [7, 11) is 0. The Morgan fingerprint density at radius 3 is 2.48 bits per heavy atom. The average Bonchev–Trinajstić information content (AvgIpc) is 2.95. The summed E-state index contributed by atoms with van der Waals surface area (Å²) < 4.78 is 5.14. The number of benzene rings is 1. The molecule has 1 aromatic heterocycles. The van der Waals surface area contributed by atoms with Crippen molar-refractivity contribution >= 4 is 64.1 Å². The third-order valence-corrected chi connectivity index (χ3v) is 3.76. The Hall–Kier alpha value is -2.15. The molecule has 2 amide bonds. The zero-order chi connectivity index (χ0) is 16.6. The van der Waals surface area contributed by atoms with Crippen LogP contribution >= 0.6 is 35.4 Å². The third kappa shape index (κ3) is 3.14. The number of halogens is 2. The van der Waals surface area contributed by atoms with Crippen LogP contribution in [-0.4, -0.2) is 16.9 Å². The van der Waals surface area contributed by atoms with Gasteiger partial charge in [0.2, 0.25) is 0 Å². The minimum absolute atomic E-state index is 0.0464. The van der Waals surface area contributed by atoms with Crippen LogP contribution in [-0.2, 0) is 9.59 Å². The number of carbonyl (C=O) groups excluding carboxylic acids is 2. The van der Waals surface area contributed by atoms with E-state index >= 15 is 0 Å². The monoisotopic (exact) mass is 366 g/mol. The van der Waals surface area contributed by atoms with Gasteiger partial charge in [0.25, 0.3) is 11.8 Å². The maximum atomic E-state index is 12.7. The molecule has 116 valence electrons. The molecule has 1 aliphatic rings. The molecule has 23 heavy (non-hydrogen) atoms. The van der Waals surface area contributed by atoms with Crippen molar-refractivity contribution in [1.29, 1.82) is 0 Å². The number of hydrogen-bond donors (Lipinski definition) is 1. The number of rotatable bonds is 2. The number of carbonyl (C=O) groups is 2. The van der Waals surface area contributed by atoms with E-state index in [0.717, 1.165) is 4.90 Å². The van der Waals surface area contributed by atoms with Crippen LogP contribution in [0.25, 0.3) is 6.08 Å². The molecule has 1 saturated heterocycles. The Morgan fingerprint density at radius 1 is 1.17 bits per heavy atom. The molecular weight excluding hydrogens is 359 g/mol. The summed E-state index contributed by atoms with van der Waals surface area (Å²) in [5, 5.41) is 3.10. The van der Waals surface area contributed by atoms with Gasteiger partial charge in [0.1, 0.15) is 11.3 Å². The Bertz CT molecular complexity index is 826. The minimum atomic E-state index is -0.597. The molecule has 0 bridgehead atoms. The molecule has 0 spiro atoms. The zero-order valence-electron chi connectivity index (χ0n) is 11.4. The normalized spacial score (nSPS) is 16.9. The molecule has 1 aliphatic heterocycles. The number of furan rings is 1. The molecule has 0 aliphatic carbocycles. The van der Waals surface area contributed by atoms with Gasteiger partial charge in [-0.05, 0) is 48.6 Å². The van der Waals surface area contributed by atoms with Gasteiger partial charge in [-0.25, -0.2) is 0 Å². The van der Waals surface area contributed by atoms with Gasteiger partial charge in [0.05, 0.1) is 12.0 Å².